The molecule has 2 nitrogen and oxygen atoms in total. The average molecular weight is 264 g/mol. The zero-order valence-electron chi connectivity index (χ0n) is 13.1. The highest BCUT2D eigenvalue weighted by molar-refractivity contribution is 4.96. The molecule has 3 aliphatic heterocycles. The van der Waals surface area contributed by atoms with E-state index in [1.54, 1.807) is 0 Å². The Morgan fingerprint density at radius 3 is 2.16 bits per heavy atom. The second-order valence-electron chi connectivity index (χ2n) is 8.27. The van der Waals surface area contributed by atoms with Crippen LogP contribution in [-0.4, -0.2) is 36.6 Å². The van der Waals surface area contributed by atoms with Crippen LogP contribution in [0.15, 0.2) is 0 Å². The third-order valence-electron chi connectivity index (χ3n) is 5.96. The summed E-state index contributed by atoms with van der Waals surface area (Å²) >= 11 is 0. The lowest BCUT2D eigenvalue weighted by Gasteiger charge is -2.49. The lowest BCUT2D eigenvalue weighted by molar-refractivity contribution is 0.0442. The summed E-state index contributed by atoms with van der Waals surface area (Å²) in [7, 11) is 0. The van der Waals surface area contributed by atoms with Crippen LogP contribution in [0.3, 0.4) is 0 Å². The van der Waals surface area contributed by atoms with E-state index in [1.165, 1.54) is 58.2 Å². The lowest BCUT2D eigenvalue weighted by Crippen LogP contribution is -2.60. The highest BCUT2D eigenvalue weighted by Gasteiger charge is 2.39. The Kier molecular flexibility index (Phi) is 3.92. The van der Waals surface area contributed by atoms with Gasteiger partial charge in [0.05, 0.1) is 0 Å². The Balaban J connectivity index is 1.64. The molecule has 4 rings (SSSR count). The summed E-state index contributed by atoms with van der Waals surface area (Å²) in [4.78, 5) is 2.67. The van der Waals surface area contributed by atoms with Crippen molar-refractivity contribution in [3.8, 4) is 0 Å². The fourth-order valence-corrected chi connectivity index (χ4v) is 4.80. The molecule has 0 spiro atoms. The minimum absolute atomic E-state index is 0.464. The highest BCUT2D eigenvalue weighted by Crippen LogP contribution is 2.39. The van der Waals surface area contributed by atoms with Crippen LogP contribution in [0.25, 0.3) is 0 Å². The first-order chi connectivity index (χ1) is 9.04. The largest absolute Gasteiger partial charge is 0.309 e. The van der Waals surface area contributed by atoms with Gasteiger partial charge in [-0.25, -0.2) is 0 Å². The van der Waals surface area contributed by atoms with Crippen molar-refractivity contribution in [1.29, 1.82) is 0 Å². The Bertz CT molecular complexity index is 299. The number of nitrogens with zero attached hydrogens (tertiary/aromatic N) is 1. The third-order valence-corrected chi connectivity index (χ3v) is 5.96. The van der Waals surface area contributed by atoms with Crippen LogP contribution in [0.4, 0.5) is 0 Å². The van der Waals surface area contributed by atoms with E-state index in [9.17, 15) is 0 Å². The van der Waals surface area contributed by atoms with E-state index >= 15 is 0 Å². The standard InChI is InChI=1S/C17H32N2/c1-17(2,3)14-6-4-5-7-15(14)18-16-12-19-10-8-13(16)9-11-19/h13-16,18H,4-12H2,1-3H3. The molecule has 0 radical (unpaired) electrons. The van der Waals surface area contributed by atoms with Crippen LogP contribution >= 0.6 is 0 Å². The van der Waals surface area contributed by atoms with Gasteiger partial charge < -0.3 is 10.2 Å². The molecule has 1 saturated carbocycles. The minimum Gasteiger partial charge on any atom is -0.309 e. The zero-order chi connectivity index (χ0) is 13.5. The van der Waals surface area contributed by atoms with Gasteiger partial charge in [-0.05, 0) is 56.0 Å². The number of piperidine rings is 3. The van der Waals surface area contributed by atoms with Gasteiger partial charge in [0.2, 0.25) is 0 Å². The van der Waals surface area contributed by atoms with Crippen molar-refractivity contribution >= 4 is 0 Å². The lowest BCUT2D eigenvalue weighted by atomic mass is 9.69. The molecule has 4 aliphatic rings. The molecule has 0 aromatic carbocycles. The molecule has 1 aliphatic carbocycles. The normalized spacial score (nSPS) is 43.4. The first-order valence-corrected chi connectivity index (χ1v) is 8.52. The monoisotopic (exact) mass is 264 g/mol. The van der Waals surface area contributed by atoms with Crippen LogP contribution in [0.2, 0.25) is 0 Å². The first kappa shape index (κ1) is 13.9. The second kappa shape index (κ2) is 5.37. The van der Waals surface area contributed by atoms with Crippen LogP contribution < -0.4 is 5.32 Å². The Labute approximate surface area is 119 Å². The summed E-state index contributed by atoms with van der Waals surface area (Å²) < 4.78 is 0. The molecule has 4 fully saturated rings. The molecule has 110 valence electrons. The fraction of sp³-hybridized carbons (Fsp3) is 1.00. The zero-order valence-corrected chi connectivity index (χ0v) is 13.1. The van der Waals surface area contributed by atoms with Crippen molar-refractivity contribution in [1.82, 2.24) is 10.2 Å². The molecule has 2 heteroatoms. The topological polar surface area (TPSA) is 15.3 Å². The quantitative estimate of drug-likeness (QED) is 0.823. The van der Waals surface area contributed by atoms with Gasteiger partial charge in [-0.15, -0.1) is 0 Å². The molecule has 3 heterocycles. The van der Waals surface area contributed by atoms with Gasteiger partial charge in [-0.3, -0.25) is 0 Å². The fourth-order valence-electron chi connectivity index (χ4n) is 4.80. The molecule has 3 atom stereocenters. The molecule has 2 bridgehead atoms. The van der Waals surface area contributed by atoms with Gasteiger partial charge >= 0.3 is 0 Å². The van der Waals surface area contributed by atoms with Crippen molar-refractivity contribution < 1.29 is 0 Å². The van der Waals surface area contributed by atoms with Crippen molar-refractivity contribution in [3.63, 3.8) is 0 Å². The summed E-state index contributed by atoms with van der Waals surface area (Å²) in [6.07, 6.45) is 8.59. The summed E-state index contributed by atoms with van der Waals surface area (Å²) in [5.74, 6) is 1.84. The first-order valence-electron chi connectivity index (χ1n) is 8.52. The Hall–Kier alpha value is -0.0800. The van der Waals surface area contributed by atoms with E-state index < -0.39 is 0 Å². The van der Waals surface area contributed by atoms with E-state index in [-0.39, 0.29) is 0 Å². The molecule has 19 heavy (non-hydrogen) atoms. The highest BCUT2D eigenvalue weighted by atomic mass is 15.2. The number of nitrogens with one attached hydrogen (secondary N) is 1. The maximum atomic E-state index is 4.10. The van der Waals surface area contributed by atoms with Crippen molar-refractivity contribution in [3.05, 3.63) is 0 Å². The van der Waals surface area contributed by atoms with E-state index in [2.05, 4.69) is 31.0 Å². The second-order valence-corrected chi connectivity index (χ2v) is 8.27. The van der Waals surface area contributed by atoms with Crippen LogP contribution in [-0.2, 0) is 0 Å². The summed E-state index contributed by atoms with van der Waals surface area (Å²) in [5.41, 5.74) is 0.464. The molecule has 3 saturated heterocycles. The summed E-state index contributed by atoms with van der Waals surface area (Å²) in [5, 5.41) is 4.10. The van der Waals surface area contributed by atoms with Crippen molar-refractivity contribution in [2.24, 2.45) is 17.3 Å². The third kappa shape index (κ3) is 3.00. The van der Waals surface area contributed by atoms with Crippen molar-refractivity contribution in [2.45, 2.75) is 71.4 Å². The SMILES string of the molecule is CC(C)(C)C1CCCCC1NC1CN2CCC1CC2. The molecule has 0 aromatic rings. The number of hydrogen-bond donors (Lipinski definition) is 1. The van der Waals surface area contributed by atoms with Gasteiger partial charge in [-0.1, -0.05) is 33.6 Å². The van der Waals surface area contributed by atoms with E-state index in [4.69, 9.17) is 0 Å². The molecule has 0 aromatic heterocycles. The molecular weight excluding hydrogens is 232 g/mol. The maximum Gasteiger partial charge on any atom is 0.0226 e. The van der Waals surface area contributed by atoms with Crippen LogP contribution in [0.1, 0.15) is 59.3 Å². The maximum absolute atomic E-state index is 4.10. The number of fused-ring (bicyclic) bond motifs is 3. The van der Waals surface area contributed by atoms with Gasteiger partial charge in [0.15, 0.2) is 0 Å². The van der Waals surface area contributed by atoms with Gasteiger partial charge in [0.1, 0.15) is 0 Å². The van der Waals surface area contributed by atoms with E-state index in [0.717, 1.165) is 23.9 Å². The Morgan fingerprint density at radius 1 is 0.895 bits per heavy atom. The summed E-state index contributed by atoms with van der Waals surface area (Å²) in [6, 6.07) is 1.56. The molecular formula is C17H32N2. The summed E-state index contributed by atoms with van der Waals surface area (Å²) in [6.45, 7) is 11.3. The smallest absolute Gasteiger partial charge is 0.0226 e. The van der Waals surface area contributed by atoms with Gasteiger partial charge in [0, 0.05) is 18.6 Å². The van der Waals surface area contributed by atoms with Crippen molar-refractivity contribution in [2.75, 3.05) is 19.6 Å². The minimum atomic E-state index is 0.464. The molecule has 1 N–H and O–H groups in total. The van der Waals surface area contributed by atoms with Gasteiger partial charge in [-0.2, -0.15) is 0 Å². The predicted molar refractivity (Wildman–Crippen MR) is 81.3 cm³/mol. The Morgan fingerprint density at radius 2 is 1.58 bits per heavy atom. The van der Waals surface area contributed by atoms with Crippen LogP contribution in [0.5, 0.6) is 0 Å². The number of rotatable bonds is 2. The number of hydrogen-bond acceptors (Lipinski definition) is 2. The van der Waals surface area contributed by atoms with E-state index in [1.807, 2.05) is 0 Å². The molecule has 0 amide bonds. The average Bonchev–Trinajstić information content (AvgIpc) is 2.39. The van der Waals surface area contributed by atoms with Gasteiger partial charge in [0.25, 0.3) is 0 Å². The predicted octanol–water partition coefficient (Wildman–Crippen LogP) is 3.28. The molecule has 3 unspecified atom stereocenters. The van der Waals surface area contributed by atoms with Crippen LogP contribution in [0, 0.1) is 17.3 Å². The van der Waals surface area contributed by atoms with E-state index in [0.29, 0.717) is 5.41 Å².